The fraction of sp³-hybridized carbons (Fsp3) is 0.150. The first-order valence-electron chi connectivity index (χ1n) is 8.45. The Labute approximate surface area is 160 Å². The summed E-state index contributed by atoms with van der Waals surface area (Å²) < 4.78 is 23.7. The Morgan fingerprint density at radius 2 is 1.64 bits per heavy atom. The van der Waals surface area contributed by atoms with E-state index in [2.05, 4.69) is 15.8 Å². The Morgan fingerprint density at radius 3 is 2.25 bits per heavy atom. The lowest BCUT2D eigenvalue weighted by Gasteiger charge is -2.08. The molecule has 7 nitrogen and oxygen atoms in total. The maximum absolute atomic E-state index is 13.0. The zero-order chi connectivity index (χ0) is 20.1. The number of benzene rings is 2. The highest BCUT2D eigenvalue weighted by molar-refractivity contribution is 6.04. The van der Waals surface area contributed by atoms with Crippen molar-refractivity contribution < 1.29 is 23.2 Å². The van der Waals surface area contributed by atoms with Crippen molar-refractivity contribution >= 4 is 23.2 Å². The van der Waals surface area contributed by atoms with E-state index in [0.29, 0.717) is 28.4 Å². The minimum absolute atomic E-state index is 0.0468. The van der Waals surface area contributed by atoms with Crippen LogP contribution >= 0.6 is 0 Å². The molecular formula is C20H18FN3O4. The monoisotopic (exact) mass is 383 g/mol. The van der Waals surface area contributed by atoms with Crippen LogP contribution in [0.3, 0.4) is 0 Å². The van der Waals surface area contributed by atoms with Gasteiger partial charge in [0.05, 0.1) is 5.56 Å². The molecule has 2 N–H and O–H groups in total. The number of hydrogen-bond donors (Lipinski definition) is 2. The highest BCUT2D eigenvalue weighted by Gasteiger charge is 2.20. The molecule has 0 radical (unpaired) electrons. The van der Waals surface area contributed by atoms with Gasteiger partial charge in [-0.05, 0) is 55.5 Å². The van der Waals surface area contributed by atoms with Gasteiger partial charge in [-0.1, -0.05) is 5.16 Å². The SMILES string of the molecule is CC(=O)Nc1ccc(NC(=O)c2noc(C)c2COc2ccc(F)cc2)cc1. The first-order valence-corrected chi connectivity index (χ1v) is 8.45. The van der Waals surface area contributed by atoms with Crippen LogP contribution in [0.1, 0.15) is 28.7 Å². The number of ether oxygens (including phenoxy) is 1. The molecule has 0 bridgehead atoms. The van der Waals surface area contributed by atoms with Gasteiger partial charge in [0.15, 0.2) is 5.69 Å². The van der Waals surface area contributed by atoms with Crippen molar-refractivity contribution in [2.75, 3.05) is 10.6 Å². The molecule has 0 aliphatic carbocycles. The second-order valence-electron chi connectivity index (χ2n) is 6.02. The van der Waals surface area contributed by atoms with E-state index in [-0.39, 0.29) is 24.0 Å². The number of hydrogen-bond acceptors (Lipinski definition) is 5. The van der Waals surface area contributed by atoms with Crippen LogP contribution in [-0.2, 0) is 11.4 Å². The third-order valence-corrected chi connectivity index (χ3v) is 3.86. The van der Waals surface area contributed by atoms with Gasteiger partial charge < -0.3 is 19.9 Å². The van der Waals surface area contributed by atoms with Gasteiger partial charge in [0.25, 0.3) is 5.91 Å². The molecule has 28 heavy (non-hydrogen) atoms. The van der Waals surface area contributed by atoms with Crippen LogP contribution in [0.25, 0.3) is 0 Å². The number of halogens is 1. The van der Waals surface area contributed by atoms with Gasteiger partial charge in [-0.25, -0.2) is 4.39 Å². The van der Waals surface area contributed by atoms with Gasteiger partial charge in [-0.2, -0.15) is 0 Å². The number of aromatic nitrogens is 1. The molecule has 0 unspecified atom stereocenters. The van der Waals surface area contributed by atoms with Gasteiger partial charge >= 0.3 is 0 Å². The van der Waals surface area contributed by atoms with Crippen molar-refractivity contribution in [3.8, 4) is 5.75 Å². The molecule has 0 spiro atoms. The van der Waals surface area contributed by atoms with Gasteiger partial charge in [0, 0.05) is 18.3 Å². The molecule has 3 rings (SSSR count). The van der Waals surface area contributed by atoms with Crippen LogP contribution in [0.4, 0.5) is 15.8 Å². The van der Waals surface area contributed by atoms with E-state index >= 15 is 0 Å². The van der Waals surface area contributed by atoms with E-state index in [9.17, 15) is 14.0 Å². The summed E-state index contributed by atoms with van der Waals surface area (Å²) in [5.74, 6) is -0.0872. The van der Waals surface area contributed by atoms with E-state index in [1.165, 1.54) is 31.2 Å². The first-order chi connectivity index (χ1) is 13.4. The molecular weight excluding hydrogens is 365 g/mol. The summed E-state index contributed by atoms with van der Waals surface area (Å²) in [7, 11) is 0. The Balaban J connectivity index is 1.68. The third kappa shape index (κ3) is 4.73. The van der Waals surface area contributed by atoms with Crippen molar-refractivity contribution in [3.63, 3.8) is 0 Å². The number of amides is 2. The molecule has 1 aromatic heterocycles. The summed E-state index contributed by atoms with van der Waals surface area (Å²) in [6, 6.07) is 12.2. The molecule has 0 aliphatic rings. The molecule has 3 aromatic rings. The van der Waals surface area contributed by atoms with Crippen LogP contribution in [0.5, 0.6) is 5.75 Å². The van der Waals surface area contributed by atoms with Crippen LogP contribution in [0.15, 0.2) is 53.1 Å². The molecule has 1 heterocycles. The molecule has 0 saturated heterocycles. The van der Waals surface area contributed by atoms with Crippen molar-refractivity contribution in [3.05, 3.63) is 71.4 Å². The maximum atomic E-state index is 13.0. The Morgan fingerprint density at radius 1 is 1.04 bits per heavy atom. The molecule has 0 aliphatic heterocycles. The van der Waals surface area contributed by atoms with Crippen molar-refractivity contribution in [1.82, 2.24) is 5.16 Å². The molecule has 0 fully saturated rings. The number of anilines is 2. The van der Waals surface area contributed by atoms with Crippen LogP contribution in [0.2, 0.25) is 0 Å². The summed E-state index contributed by atoms with van der Waals surface area (Å²) >= 11 is 0. The normalized spacial score (nSPS) is 10.4. The first kappa shape index (κ1) is 19.1. The Hall–Kier alpha value is -3.68. The smallest absolute Gasteiger partial charge is 0.278 e. The number of carbonyl (C=O) groups is 2. The lowest BCUT2D eigenvalue weighted by atomic mass is 10.2. The summed E-state index contributed by atoms with van der Waals surface area (Å²) in [4.78, 5) is 23.6. The van der Waals surface area contributed by atoms with E-state index in [1.807, 2.05) is 0 Å². The molecule has 8 heteroatoms. The Kier molecular flexibility index (Phi) is 5.69. The molecule has 0 saturated carbocycles. The predicted molar refractivity (Wildman–Crippen MR) is 101 cm³/mol. The number of nitrogens with zero attached hydrogens (tertiary/aromatic N) is 1. The quantitative estimate of drug-likeness (QED) is 0.673. The second kappa shape index (κ2) is 8.34. The molecule has 0 atom stereocenters. The third-order valence-electron chi connectivity index (χ3n) is 3.86. The standard InChI is InChI=1S/C20H18FN3O4/c1-12-18(11-27-17-9-3-14(21)4-10-17)19(24-28-12)20(26)23-16-7-5-15(6-8-16)22-13(2)25/h3-10H,11H2,1-2H3,(H,22,25)(H,23,26). The minimum Gasteiger partial charge on any atom is -0.489 e. The van der Waals surface area contributed by atoms with Crippen molar-refractivity contribution in [2.45, 2.75) is 20.5 Å². The van der Waals surface area contributed by atoms with Crippen molar-refractivity contribution in [2.24, 2.45) is 0 Å². The molecule has 2 aromatic carbocycles. The lowest BCUT2D eigenvalue weighted by Crippen LogP contribution is -2.15. The predicted octanol–water partition coefficient (Wildman–Crippen LogP) is 3.91. The number of nitrogens with one attached hydrogen (secondary N) is 2. The summed E-state index contributed by atoms with van der Waals surface area (Å²) in [6.07, 6.45) is 0. The van der Waals surface area contributed by atoms with Crippen LogP contribution < -0.4 is 15.4 Å². The summed E-state index contributed by atoms with van der Waals surface area (Å²) in [6.45, 7) is 3.14. The van der Waals surface area contributed by atoms with Crippen LogP contribution in [0, 0.1) is 12.7 Å². The second-order valence-corrected chi connectivity index (χ2v) is 6.02. The summed E-state index contributed by atoms with van der Waals surface area (Å²) in [5.41, 5.74) is 1.75. The number of rotatable bonds is 6. The fourth-order valence-electron chi connectivity index (χ4n) is 2.46. The summed E-state index contributed by atoms with van der Waals surface area (Å²) in [5, 5.41) is 9.18. The fourth-order valence-corrected chi connectivity index (χ4v) is 2.46. The zero-order valence-corrected chi connectivity index (χ0v) is 15.3. The van der Waals surface area contributed by atoms with E-state index < -0.39 is 5.91 Å². The topological polar surface area (TPSA) is 93.5 Å². The average Bonchev–Trinajstić information content (AvgIpc) is 3.03. The minimum atomic E-state index is -0.457. The molecule has 2 amide bonds. The van der Waals surface area contributed by atoms with Crippen LogP contribution in [-0.4, -0.2) is 17.0 Å². The number of carbonyl (C=O) groups excluding carboxylic acids is 2. The number of aryl methyl sites for hydroxylation is 1. The maximum Gasteiger partial charge on any atom is 0.278 e. The largest absolute Gasteiger partial charge is 0.489 e. The lowest BCUT2D eigenvalue weighted by molar-refractivity contribution is -0.114. The van der Waals surface area contributed by atoms with Gasteiger partial charge in [0.2, 0.25) is 5.91 Å². The van der Waals surface area contributed by atoms with Gasteiger partial charge in [-0.15, -0.1) is 0 Å². The van der Waals surface area contributed by atoms with Gasteiger partial charge in [-0.3, -0.25) is 9.59 Å². The van der Waals surface area contributed by atoms with Gasteiger partial charge in [0.1, 0.15) is 23.9 Å². The molecule has 144 valence electrons. The van der Waals surface area contributed by atoms with Crippen molar-refractivity contribution in [1.29, 1.82) is 0 Å². The van der Waals surface area contributed by atoms with E-state index in [0.717, 1.165) is 0 Å². The van der Waals surface area contributed by atoms with E-state index in [4.69, 9.17) is 9.26 Å². The Bertz CT molecular complexity index is 982. The highest BCUT2D eigenvalue weighted by atomic mass is 19.1. The highest BCUT2D eigenvalue weighted by Crippen LogP contribution is 2.20. The average molecular weight is 383 g/mol. The van der Waals surface area contributed by atoms with E-state index in [1.54, 1.807) is 31.2 Å². The zero-order valence-electron chi connectivity index (χ0n) is 15.3.